The summed E-state index contributed by atoms with van der Waals surface area (Å²) in [4.78, 5) is 12.2. The minimum Gasteiger partial charge on any atom is -0.495 e. The SMILES string of the molecule is COc1ccccc1Nc1nnc(SCC(=O)Nc2ccc(C)cc2Br)s1. The van der Waals surface area contributed by atoms with E-state index in [1.54, 1.807) is 7.11 Å². The summed E-state index contributed by atoms with van der Waals surface area (Å²) in [6.07, 6.45) is 0. The highest BCUT2D eigenvalue weighted by Crippen LogP contribution is 2.31. The van der Waals surface area contributed by atoms with Crippen LogP contribution in [0.5, 0.6) is 5.75 Å². The fourth-order valence-electron chi connectivity index (χ4n) is 2.22. The molecule has 0 aliphatic rings. The number of amides is 1. The molecule has 1 aromatic heterocycles. The number of anilines is 3. The van der Waals surface area contributed by atoms with Gasteiger partial charge < -0.3 is 15.4 Å². The molecule has 1 amide bonds. The van der Waals surface area contributed by atoms with Crippen LogP contribution in [0.1, 0.15) is 5.56 Å². The molecule has 0 unspecified atom stereocenters. The van der Waals surface area contributed by atoms with Gasteiger partial charge in [-0.1, -0.05) is 41.3 Å². The molecule has 0 saturated carbocycles. The van der Waals surface area contributed by atoms with Crippen LogP contribution >= 0.6 is 39.0 Å². The number of ether oxygens (including phenoxy) is 1. The van der Waals surface area contributed by atoms with E-state index in [1.165, 1.54) is 23.1 Å². The number of nitrogens with zero attached hydrogens (tertiary/aromatic N) is 2. The van der Waals surface area contributed by atoms with E-state index in [0.717, 1.165) is 27.2 Å². The Morgan fingerprint density at radius 2 is 2.04 bits per heavy atom. The second-order valence-corrected chi connectivity index (χ2v) is 8.57. The average molecular weight is 465 g/mol. The van der Waals surface area contributed by atoms with Crippen molar-refractivity contribution in [1.82, 2.24) is 10.2 Å². The molecule has 0 fully saturated rings. The Kier molecular flexibility index (Phi) is 6.70. The van der Waals surface area contributed by atoms with E-state index in [1.807, 2.05) is 49.4 Å². The van der Waals surface area contributed by atoms with E-state index < -0.39 is 0 Å². The van der Waals surface area contributed by atoms with Crippen molar-refractivity contribution in [2.75, 3.05) is 23.5 Å². The van der Waals surface area contributed by atoms with Gasteiger partial charge in [-0.2, -0.15) is 0 Å². The van der Waals surface area contributed by atoms with Crippen LogP contribution in [0.2, 0.25) is 0 Å². The third-order valence-electron chi connectivity index (χ3n) is 3.48. The normalized spacial score (nSPS) is 10.5. The monoisotopic (exact) mass is 464 g/mol. The summed E-state index contributed by atoms with van der Waals surface area (Å²) in [5.41, 5.74) is 2.69. The highest BCUT2D eigenvalue weighted by atomic mass is 79.9. The number of hydrogen-bond donors (Lipinski definition) is 2. The first-order chi connectivity index (χ1) is 13.0. The molecular formula is C18H17BrN4O2S2. The molecule has 0 saturated heterocycles. The Balaban J connectivity index is 1.55. The molecule has 0 bridgehead atoms. The molecule has 1 heterocycles. The first-order valence-electron chi connectivity index (χ1n) is 7.97. The number of para-hydroxylation sites is 2. The predicted molar refractivity (Wildman–Crippen MR) is 114 cm³/mol. The maximum absolute atomic E-state index is 12.2. The predicted octanol–water partition coefficient (Wildman–Crippen LogP) is 5.09. The fourth-order valence-corrected chi connectivity index (χ4v) is 4.37. The fraction of sp³-hybridized carbons (Fsp3) is 0.167. The number of nitrogens with one attached hydrogen (secondary N) is 2. The van der Waals surface area contributed by atoms with Gasteiger partial charge in [0.05, 0.1) is 24.2 Å². The zero-order valence-electron chi connectivity index (χ0n) is 14.7. The average Bonchev–Trinajstić information content (AvgIpc) is 3.10. The first-order valence-corrected chi connectivity index (χ1v) is 10.6. The molecule has 6 nitrogen and oxygen atoms in total. The summed E-state index contributed by atoms with van der Waals surface area (Å²) in [7, 11) is 1.62. The Morgan fingerprint density at radius 3 is 2.81 bits per heavy atom. The third kappa shape index (κ3) is 5.44. The lowest BCUT2D eigenvalue weighted by Gasteiger charge is -2.07. The lowest BCUT2D eigenvalue weighted by Crippen LogP contribution is -2.14. The van der Waals surface area contributed by atoms with Crippen molar-refractivity contribution in [2.45, 2.75) is 11.3 Å². The number of aryl methyl sites for hydroxylation is 1. The number of carbonyl (C=O) groups is 1. The van der Waals surface area contributed by atoms with Gasteiger partial charge in [-0.05, 0) is 52.7 Å². The molecule has 3 rings (SSSR count). The molecule has 0 spiro atoms. The lowest BCUT2D eigenvalue weighted by molar-refractivity contribution is -0.113. The summed E-state index contributed by atoms with van der Waals surface area (Å²) in [6, 6.07) is 13.4. The molecule has 2 N–H and O–H groups in total. The molecular weight excluding hydrogens is 448 g/mol. The summed E-state index contributed by atoms with van der Waals surface area (Å²) in [6.45, 7) is 2.00. The maximum atomic E-state index is 12.2. The molecule has 9 heteroatoms. The molecule has 140 valence electrons. The van der Waals surface area contributed by atoms with Gasteiger partial charge in [-0.3, -0.25) is 4.79 Å². The van der Waals surface area contributed by atoms with Gasteiger partial charge in [0.15, 0.2) is 4.34 Å². The standard InChI is InChI=1S/C18H17BrN4O2S2/c1-11-7-8-13(12(19)9-11)20-16(24)10-26-18-23-22-17(27-18)21-14-5-3-4-6-15(14)25-2/h3-9H,10H2,1-2H3,(H,20,24)(H,21,22). The van der Waals surface area contributed by atoms with Crippen molar-refractivity contribution in [3.8, 4) is 5.75 Å². The second kappa shape index (κ2) is 9.20. The van der Waals surface area contributed by atoms with E-state index in [-0.39, 0.29) is 11.7 Å². The van der Waals surface area contributed by atoms with Gasteiger partial charge in [-0.25, -0.2) is 0 Å². The summed E-state index contributed by atoms with van der Waals surface area (Å²) >= 11 is 6.19. The Bertz CT molecular complexity index is 949. The second-order valence-electron chi connectivity index (χ2n) is 5.52. The summed E-state index contributed by atoms with van der Waals surface area (Å²) in [5.74, 6) is 0.882. The van der Waals surface area contributed by atoms with Crippen LogP contribution in [0.3, 0.4) is 0 Å². The van der Waals surface area contributed by atoms with E-state index in [4.69, 9.17) is 4.74 Å². The van der Waals surface area contributed by atoms with Gasteiger partial charge in [-0.15, -0.1) is 10.2 Å². The topological polar surface area (TPSA) is 76.1 Å². The molecule has 0 aliphatic carbocycles. The number of methoxy groups -OCH3 is 1. The van der Waals surface area contributed by atoms with Crippen LogP contribution in [0.15, 0.2) is 51.3 Å². The van der Waals surface area contributed by atoms with Crippen LogP contribution in [-0.2, 0) is 4.79 Å². The number of benzene rings is 2. The van der Waals surface area contributed by atoms with Gasteiger partial charge in [0.2, 0.25) is 11.0 Å². The summed E-state index contributed by atoms with van der Waals surface area (Å²) in [5, 5.41) is 14.9. The molecule has 0 atom stereocenters. The number of carbonyl (C=O) groups excluding carboxylic acids is 1. The number of hydrogen-bond acceptors (Lipinski definition) is 7. The van der Waals surface area contributed by atoms with E-state index in [9.17, 15) is 4.79 Å². The number of aromatic nitrogens is 2. The van der Waals surface area contributed by atoms with Crippen LogP contribution in [0, 0.1) is 6.92 Å². The highest BCUT2D eigenvalue weighted by molar-refractivity contribution is 9.10. The quantitative estimate of drug-likeness (QED) is 0.474. The number of rotatable bonds is 7. The van der Waals surface area contributed by atoms with Crippen LogP contribution in [-0.4, -0.2) is 29.0 Å². The largest absolute Gasteiger partial charge is 0.495 e. The summed E-state index contributed by atoms with van der Waals surface area (Å²) < 4.78 is 6.88. The van der Waals surface area contributed by atoms with Crippen molar-refractivity contribution in [3.63, 3.8) is 0 Å². The van der Waals surface area contributed by atoms with Crippen molar-refractivity contribution < 1.29 is 9.53 Å². The third-order valence-corrected chi connectivity index (χ3v) is 6.11. The van der Waals surface area contributed by atoms with E-state index >= 15 is 0 Å². The van der Waals surface area contributed by atoms with Gasteiger partial charge >= 0.3 is 0 Å². The van der Waals surface area contributed by atoms with Crippen LogP contribution < -0.4 is 15.4 Å². The van der Waals surface area contributed by atoms with Crippen LogP contribution in [0.25, 0.3) is 0 Å². The van der Waals surface area contributed by atoms with Gasteiger partial charge in [0.1, 0.15) is 5.75 Å². The Morgan fingerprint density at radius 1 is 1.22 bits per heavy atom. The molecule has 3 aromatic rings. The Labute approximate surface area is 173 Å². The molecule has 2 aromatic carbocycles. The molecule has 27 heavy (non-hydrogen) atoms. The number of thioether (sulfide) groups is 1. The molecule has 0 radical (unpaired) electrons. The van der Waals surface area contributed by atoms with Crippen molar-refractivity contribution in [2.24, 2.45) is 0 Å². The highest BCUT2D eigenvalue weighted by Gasteiger charge is 2.11. The number of halogens is 1. The van der Waals surface area contributed by atoms with Crippen molar-refractivity contribution >= 4 is 61.4 Å². The van der Waals surface area contributed by atoms with Crippen molar-refractivity contribution in [3.05, 3.63) is 52.5 Å². The van der Waals surface area contributed by atoms with Gasteiger partial charge in [0, 0.05) is 4.47 Å². The van der Waals surface area contributed by atoms with Crippen LogP contribution in [0.4, 0.5) is 16.5 Å². The lowest BCUT2D eigenvalue weighted by atomic mass is 10.2. The minimum absolute atomic E-state index is 0.0982. The minimum atomic E-state index is -0.0982. The molecule has 0 aliphatic heterocycles. The first kappa shape index (κ1) is 19.7. The van der Waals surface area contributed by atoms with E-state index in [0.29, 0.717) is 9.47 Å². The van der Waals surface area contributed by atoms with E-state index in [2.05, 4.69) is 36.8 Å². The zero-order chi connectivity index (χ0) is 19.2. The zero-order valence-corrected chi connectivity index (χ0v) is 17.9. The Hall–Kier alpha value is -2.10. The smallest absolute Gasteiger partial charge is 0.234 e. The maximum Gasteiger partial charge on any atom is 0.234 e. The van der Waals surface area contributed by atoms with Crippen molar-refractivity contribution in [1.29, 1.82) is 0 Å². The van der Waals surface area contributed by atoms with Gasteiger partial charge in [0.25, 0.3) is 0 Å².